The summed E-state index contributed by atoms with van der Waals surface area (Å²) in [5.74, 6) is -0.141. The number of aliphatic hydroxyl groups is 1. The van der Waals surface area contributed by atoms with Gasteiger partial charge in [0.2, 0.25) is 0 Å². The summed E-state index contributed by atoms with van der Waals surface area (Å²) in [5, 5.41) is 10.5. The predicted octanol–water partition coefficient (Wildman–Crippen LogP) is 3.96. The van der Waals surface area contributed by atoms with Crippen molar-refractivity contribution in [3.05, 3.63) is 34.3 Å². The highest BCUT2D eigenvalue weighted by atomic mass is 79.9. The van der Waals surface area contributed by atoms with E-state index in [1.54, 1.807) is 0 Å². The molecule has 1 N–H and O–H groups in total. The SMILES string of the molecule is C[C@H](B1OC(C)(C)C(C)(C)O1)[C@@H](O)c1ccc(Br)cc1. The minimum absolute atomic E-state index is 0.141. The summed E-state index contributed by atoms with van der Waals surface area (Å²) < 4.78 is 13.0. The molecule has 20 heavy (non-hydrogen) atoms. The Morgan fingerprint density at radius 2 is 1.50 bits per heavy atom. The van der Waals surface area contributed by atoms with E-state index in [-0.39, 0.29) is 17.0 Å². The first-order valence-electron chi connectivity index (χ1n) is 6.93. The molecule has 5 heteroatoms. The number of hydrogen-bond acceptors (Lipinski definition) is 3. The third-order valence-corrected chi connectivity index (χ3v) is 4.94. The molecule has 3 nitrogen and oxygen atoms in total. The van der Waals surface area contributed by atoms with Gasteiger partial charge in [-0.1, -0.05) is 35.0 Å². The molecule has 0 amide bonds. The summed E-state index contributed by atoms with van der Waals surface area (Å²) in [6.45, 7) is 10.0. The third kappa shape index (κ3) is 2.96. The van der Waals surface area contributed by atoms with Gasteiger partial charge in [-0.05, 0) is 45.4 Å². The van der Waals surface area contributed by atoms with Gasteiger partial charge in [0, 0.05) is 10.3 Å². The van der Waals surface area contributed by atoms with E-state index in [2.05, 4.69) is 15.9 Å². The molecule has 2 rings (SSSR count). The van der Waals surface area contributed by atoms with Crippen molar-refractivity contribution in [1.82, 2.24) is 0 Å². The lowest BCUT2D eigenvalue weighted by Crippen LogP contribution is -2.41. The Bertz CT molecular complexity index is 457. The molecule has 110 valence electrons. The van der Waals surface area contributed by atoms with Crippen LogP contribution in [-0.2, 0) is 9.31 Å². The Balaban J connectivity index is 2.12. The molecule has 1 aliphatic heterocycles. The standard InChI is InChI=1S/C15H22BBrO3/c1-10(13(18)11-6-8-12(17)9-7-11)16-19-14(2,3)15(4,5)20-16/h6-10,13,18H,1-5H3/t10-,13+/m0/s1. The predicted molar refractivity (Wildman–Crippen MR) is 84.6 cm³/mol. The smallest absolute Gasteiger partial charge is 0.403 e. The zero-order valence-corrected chi connectivity index (χ0v) is 14.3. The topological polar surface area (TPSA) is 38.7 Å². The number of rotatable bonds is 3. The molecule has 1 aromatic rings. The van der Waals surface area contributed by atoms with Gasteiger partial charge in [-0.3, -0.25) is 0 Å². The Labute approximate surface area is 129 Å². The Hall–Kier alpha value is -0.355. The fraction of sp³-hybridized carbons (Fsp3) is 0.600. The molecule has 0 aromatic heterocycles. The van der Waals surface area contributed by atoms with Gasteiger partial charge < -0.3 is 14.4 Å². The van der Waals surface area contributed by atoms with Crippen LogP contribution in [0.3, 0.4) is 0 Å². The molecule has 2 atom stereocenters. The molecule has 1 saturated heterocycles. The van der Waals surface area contributed by atoms with Crippen molar-refractivity contribution in [2.75, 3.05) is 0 Å². The second-order valence-electron chi connectivity index (χ2n) is 6.48. The average molecular weight is 341 g/mol. The van der Waals surface area contributed by atoms with Gasteiger partial charge >= 0.3 is 7.12 Å². The van der Waals surface area contributed by atoms with Crippen molar-refractivity contribution in [1.29, 1.82) is 0 Å². The van der Waals surface area contributed by atoms with E-state index in [0.717, 1.165) is 10.0 Å². The van der Waals surface area contributed by atoms with Crippen molar-refractivity contribution < 1.29 is 14.4 Å². The quantitative estimate of drug-likeness (QED) is 0.846. The molecule has 0 aliphatic carbocycles. The molecule has 0 bridgehead atoms. The zero-order chi connectivity index (χ0) is 15.1. The lowest BCUT2D eigenvalue weighted by molar-refractivity contribution is 0.00578. The van der Waals surface area contributed by atoms with Gasteiger partial charge in [0.15, 0.2) is 0 Å². The van der Waals surface area contributed by atoms with Crippen LogP contribution in [0.25, 0.3) is 0 Å². The van der Waals surface area contributed by atoms with Crippen molar-refractivity contribution >= 4 is 23.0 Å². The highest BCUT2D eigenvalue weighted by molar-refractivity contribution is 9.10. The first-order valence-corrected chi connectivity index (χ1v) is 7.72. The molecule has 0 spiro atoms. The van der Waals surface area contributed by atoms with E-state index in [4.69, 9.17) is 9.31 Å². The largest absolute Gasteiger partial charge is 0.463 e. The molecule has 0 saturated carbocycles. The Kier molecular flexibility index (Phi) is 4.36. The van der Waals surface area contributed by atoms with E-state index in [1.807, 2.05) is 58.9 Å². The summed E-state index contributed by atoms with van der Waals surface area (Å²) in [5.41, 5.74) is 0.131. The molecular weight excluding hydrogens is 319 g/mol. The minimum atomic E-state index is -0.613. The van der Waals surface area contributed by atoms with Crippen LogP contribution >= 0.6 is 15.9 Å². The van der Waals surface area contributed by atoms with Gasteiger partial charge in [-0.25, -0.2) is 0 Å². The van der Waals surface area contributed by atoms with Crippen molar-refractivity contribution in [2.45, 2.75) is 57.7 Å². The van der Waals surface area contributed by atoms with Crippen LogP contribution in [0.5, 0.6) is 0 Å². The summed E-state index contributed by atoms with van der Waals surface area (Å²) in [6, 6.07) is 7.68. The van der Waals surface area contributed by atoms with Crippen LogP contribution in [0, 0.1) is 0 Å². The van der Waals surface area contributed by atoms with Crippen molar-refractivity contribution in [3.8, 4) is 0 Å². The lowest BCUT2D eigenvalue weighted by Gasteiger charge is -2.32. The van der Waals surface area contributed by atoms with E-state index < -0.39 is 13.2 Å². The van der Waals surface area contributed by atoms with Crippen LogP contribution in [0.2, 0.25) is 5.82 Å². The maximum atomic E-state index is 10.5. The van der Waals surface area contributed by atoms with Gasteiger partial charge in [-0.2, -0.15) is 0 Å². The maximum Gasteiger partial charge on any atom is 0.463 e. The maximum absolute atomic E-state index is 10.5. The molecule has 0 unspecified atom stereocenters. The number of aliphatic hydroxyl groups excluding tert-OH is 1. The summed E-state index contributed by atoms with van der Waals surface area (Å²) in [7, 11) is -0.404. The van der Waals surface area contributed by atoms with Crippen LogP contribution in [0.4, 0.5) is 0 Å². The first kappa shape index (κ1) is 16.0. The molecule has 0 radical (unpaired) electrons. The fourth-order valence-electron chi connectivity index (χ4n) is 2.22. The van der Waals surface area contributed by atoms with E-state index in [1.165, 1.54) is 0 Å². The number of halogens is 1. The van der Waals surface area contributed by atoms with E-state index >= 15 is 0 Å². The second-order valence-corrected chi connectivity index (χ2v) is 7.40. The highest BCUT2D eigenvalue weighted by Crippen LogP contribution is 2.43. The Morgan fingerprint density at radius 1 is 1.05 bits per heavy atom. The van der Waals surface area contributed by atoms with Crippen LogP contribution in [0.15, 0.2) is 28.7 Å². The number of benzene rings is 1. The zero-order valence-electron chi connectivity index (χ0n) is 12.7. The van der Waals surface area contributed by atoms with Crippen molar-refractivity contribution in [2.24, 2.45) is 0 Å². The summed E-state index contributed by atoms with van der Waals surface area (Å²) in [4.78, 5) is 0. The van der Waals surface area contributed by atoms with Gasteiger partial charge in [0.1, 0.15) is 0 Å². The lowest BCUT2D eigenvalue weighted by atomic mass is 9.68. The Morgan fingerprint density at radius 3 is 1.95 bits per heavy atom. The molecule has 1 fully saturated rings. The minimum Gasteiger partial charge on any atom is -0.403 e. The average Bonchev–Trinajstić information content (AvgIpc) is 2.57. The monoisotopic (exact) mass is 340 g/mol. The van der Waals surface area contributed by atoms with Crippen molar-refractivity contribution in [3.63, 3.8) is 0 Å². The third-order valence-electron chi connectivity index (χ3n) is 4.41. The van der Waals surface area contributed by atoms with Gasteiger partial charge in [0.25, 0.3) is 0 Å². The summed E-state index contributed by atoms with van der Waals surface area (Å²) >= 11 is 3.40. The molecule has 1 heterocycles. The molecular formula is C15H22BBrO3. The van der Waals surface area contributed by atoms with Crippen LogP contribution < -0.4 is 0 Å². The van der Waals surface area contributed by atoms with Gasteiger partial charge in [0.05, 0.1) is 17.3 Å². The van der Waals surface area contributed by atoms with E-state index in [9.17, 15) is 5.11 Å². The number of hydrogen-bond donors (Lipinski definition) is 1. The normalized spacial score (nSPS) is 23.6. The molecule has 1 aromatic carbocycles. The van der Waals surface area contributed by atoms with Gasteiger partial charge in [-0.15, -0.1) is 0 Å². The molecule has 1 aliphatic rings. The van der Waals surface area contributed by atoms with E-state index in [0.29, 0.717) is 0 Å². The first-order chi connectivity index (χ1) is 9.14. The fourth-order valence-corrected chi connectivity index (χ4v) is 2.48. The van der Waals surface area contributed by atoms with Crippen LogP contribution in [-0.4, -0.2) is 23.4 Å². The van der Waals surface area contributed by atoms with Crippen LogP contribution in [0.1, 0.15) is 46.3 Å². The highest BCUT2D eigenvalue weighted by Gasteiger charge is 2.53. The second kappa shape index (κ2) is 5.45. The summed E-state index contributed by atoms with van der Waals surface area (Å²) in [6.07, 6.45) is -0.613.